The van der Waals surface area contributed by atoms with Crippen LogP contribution < -0.4 is 0 Å². The minimum Gasteiger partial charge on any atom is -0.305 e. The van der Waals surface area contributed by atoms with E-state index in [1.54, 1.807) is 0 Å². The number of benzene rings is 1. The fourth-order valence-corrected chi connectivity index (χ4v) is 1.59. The lowest BCUT2D eigenvalue weighted by atomic mass is 10.1. The monoisotopic (exact) mass is 233 g/mol. The van der Waals surface area contributed by atoms with Gasteiger partial charge in [0, 0.05) is 19.0 Å². The van der Waals surface area contributed by atoms with Crippen LogP contribution in [0.1, 0.15) is 5.56 Å². The molecule has 0 radical (unpaired) electrons. The van der Waals surface area contributed by atoms with Crippen molar-refractivity contribution >= 4 is 11.6 Å². The number of hydrogen-bond donors (Lipinski definition) is 0. The molecule has 0 bridgehead atoms. The normalized spacial score (nSPS) is 11.0. The Bertz CT molecular complexity index is 317. The van der Waals surface area contributed by atoms with Crippen LogP contribution in [0, 0.1) is 11.6 Å². The van der Waals surface area contributed by atoms with Gasteiger partial charge in [-0.05, 0) is 37.2 Å². The first kappa shape index (κ1) is 12.4. The Morgan fingerprint density at radius 2 is 2.00 bits per heavy atom. The Kier molecular flexibility index (Phi) is 4.99. The highest BCUT2D eigenvalue weighted by molar-refractivity contribution is 6.18. The molecule has 0 aliphatic rings. The van der Waals surface area contributed by atoms with Gasteiger partial charge in [0.1, 0.15) is 11.6 Å². The summed E-state index contributed by atoms with van der Waals surface area (Å²) in [4.78, 5) is 1.98. The van der Waals surface area contributed by atoms with Crippen LogP contribution in [-0.4, -0.2) is 30.9 Å². The van der Waals surface area contributed by atoms with E-state index >= 15 is 0 Å². The molecule has 1 aromatic carbocycles. The number of halogens is 3. The van der Waals surface area contributed by atoms with Crippen molar-refractivity contribution in [2.75, 3.05) is 26.0 Å². The number of nitrogens with zero attached hydrogens (tertiary/aromatic N) is 1. The van der Waals surface area contributed by atoms with Gasteiger partial charge in [-0.25, -0.2) is 8.78 Å². The van der Waals surface area contributed by atoms with Crippen molar-refractivity contribution in [1.82, 2.24) is 4.90 Å². The lowest BCUT2D eigenvalue weighted by molar-refractivity contribution is 0.357. The third-order valence-corrected chi connectivity index (χ3v) is 2.41. The van der Waals surface area contributed by atoms with Gasteiger partial charge in [0.25, 0.3) is 0 Å². The first-order valence-electron chi connectivity index (χ1n) is 4.82. The van der Waals surface area contributed by atoms with Gasteiger partial charge in [-0.3, -0.25) is 0 Å². The number of likely N-dealkylation sites (N-methyl/N-ethyl adjacent to an activating group) is 1. The summed E-state index contributed by atoms with van der Waals surface area (Å²) in [5.41, 5.74) is 0.413. The van der Waals surface area contributed by atoms with Crippen molar-refractivity contribution in [1.29, 1.82) is 0 Å². The minimum absolute atomic E-state index is 0.351. The summed E-state index contributed by atoms with van der Waals surface area (Å²) in [6, 6.07) is 3.53. The van der Waals surface area contributed by atoms with Crippen LogP contribution >= 0.6 is 11.6 Å². The SMILES string of the molecule is CN(CCCl)CCc1cc(F)ccc1F. The highest BCUT2D eigenvalue weighted by atomic mass is 35.5. The molecular weight excluding hydrogens is 220 g/mol. The molecule has 0 amide bonds. The van der Waals surface area contributed by atoms with Crippen molar-refractivity contribution in [3.05, 3.63) is 35.4 Å². The Morgan fingerprint density at radius 1 is 1.27 bits per heavy atom. The molecule has 0 spiro atoms. The fourth-order valence-electron chi connectivity index (χ4n) is 1.30. The molecule has 0 heterocycles. The Hall–Kier alpha value is -0.670. The molecule has 1 aromatic rings. The molecule has 0 atom stereocenters. The van der Waals surface area contributed by atoms with E-state index in [2.05, 4.69) is 0 Å². The van der Waals surface area contributed by atoms with Crippen molar-refractivity contribution in [3.63, 3.8) is 0 Å². The van der Waals surface area contributed by atoms with Gasteiger partial charge in [0.2, 0.25) is 0 Å². The van der Waals surface area contributed by atoms with Gasteiger partial charge in [-0.1, -0.05) is 0 Å². The second-order valence-electron chi connectivity index (χ2n) is 3.48. The molecule has 84 valence electrons. The van der Waals surface area contributed by atoms with E-state index in [-0.39, 0.29) is 5.82 Å². The molecule has 0 saturated heterocycles. The number of alkyl halides is 1. The van der Waals surface area contributed by atoms with Gasteiger partial charge in [-0.15, -0.1) is 11.6 Å². The van der Waals surface area contributed by atoms with Gasteiger partial charge >= 0.3 is 0 Å². The van der Waals surface area contributed by atoms with E-state index in [1.807, 2.05) is 11.9 Å². The quantitative estimate of drug-likeness (QED) is 0.707. The molecule has 0 fully saturated rings. The molecular formula is C11H14ClF2N. The van der Waals surface area contributed by atoms with E-state index < -0.39 is 5.82 Å². The van der Waals surface area contributed by atoms with Crippen LogP contribution in [0.3, 0.4) is 0 Å². The maximum Gasteiger partial charge on any atom is 0.126 e. The van der Waals surface area contributed by atoms with E-state index in [0.717, 1.165) is 18.7 Å². The molecule has 15 heavy (non-hydrogen) atoms. The molecule has 1 rings (SSSR count). The smallest absolute Gasteiger partial charge is 0.126 e. The molecule has 0 aliphatic heterocycles. The summed E-state index contributed by atoms with van der Waals surface area (Å²) in [6.45, 7) is 1.42. The maximum absolute atomic E-state index is 13.2. The van der Waals surface area contributed by atoms with Gasteiger partial charge in [-0.2, -0.15) is 0 Å². The molecule has 0 aliphatic carbocycles. The number of rotatable bonds is 5. The van der Waals surface area contributed by atoms with E-state index in [9.17, 15) is 8.78 Å². The van der Waals surface area contributed by atoms with Crippen LogP contribution in [0.4, 0.5) is 8.78 Å². The highest BCUT2D eigenvalue weighted by Gasteiger charge is 2.05. The second-order valence-corrected chi connectivity index (χ2v) is 3.86. The van der Waals surface area contributed by atoms with E-state index in [4.69, 9.17) is 11.6 Å². The van der Waals surface area contributed by atoms with Crippen LogP contribution in [0.15, 0.2) is 18.2 Å². The average molecular weight is 234 g/mol. The summed E-state index contributed by atoms with van der Waals surface area (Å²) in [6.07, 6.45) is 0.497. The average Bonchev–Trinajstić information content (AvgIpc) is 2.20. The second kappa shape index (κ2) is 6.03. The lowest BCUT2D eigenvalue weighted by Crippen LogP contribution is -2.23. The zero-order valence-corrected chi connectivity index (χ0v) is 9.40. The summed E-state index contributed by atoms with van der Waals surface area (Å²) in [5.74, 6) is -0.204. The zero-order valence-electron chi connectivity index (χ0n) is 8.64. The molecule has 0 saturated carbocycles. The van der Waals surface area contributed by atoms with Crippen LogP contribution in [0.2, 0.25) is 0 Å². The third kappa shape index (κ3) is 4.14. The lowest BCUT2D eigenvalue weighted by Gasteiger charge is -2.14. The predicted molar refractivity (Wildman–Crippen MR) is 58.3 cm³/mol. The Labute approximate surface area is 93.7 Å². The van der Waals surface area contributed by atoms with Crippen LogP contribution in [-0.2, 0) is 6.42 Å². The standard InChI is InChI=1S/C11H14ClF2N/c1-15(7-5-12)6-4-9-8-10(13)2-3-11(9)14/h2-3,8H,4-7H2,1H3. The molecule has 1 nitrogen and oxygen atoms in total. The van der Waals surface area contributed by atoms with Crippen LogP contribution in [0.25, 0.3) is 0 Å². The maximum atomic E-state index is 13.2. The number of hydrogen-bond acceptors (Lipinski definition) is 1. The Morgan fingerprint density at radius 3 is 2.67 bits per heavy atom. The van der Waals surface area contributed by atoms with E-state index in [0.29, 0.717) is 24.4 Å². The van der Waals surface area contributed by atoms with Crippen molar-refractivity contribution in [2.45, 2.75) is 6.42 Å². The first-order chi connectivity index (χ1) is 7.13. The third-order valence-electron chi connectivity index (χ3n) is 2.24. The first-order valence-corrected chi connectivity index (χ1v) is 5.35. The molecule has 4 heteroatoms. The predicted octanol–water partition coefficient (Wildman–Crippen LogP) is 2.68. The van der Waals surface area contributed by atoms with Crippen molar-refractivity contribution in [2.24, 2.45) is 0 Å². The Balaban J connectivity index is 2.53. The van der Waals surface area contributed by atoms with E-state index in [1.165, 1.54) is 6.07 Å². The summed E-state index contributed by atoms with van der Waals surface area (Å²) in [7, 11) is 1.90. The highest BCUT2D eigenvalue weighted by Crippen LogP contribution is 2.10. The molecule has 0 aromatic heterocycles. The van der Waals surface area contributed by atoms with Gasteiger partial charge < -0.3 is 4.90 Å². The van der Waals surface area contributed by atoms with Gasteiger partial charge in [0.05, 0.1) is 0 Å². The van der Waals surface area contributed by atoms with Crippen LogP contribution in [0.5, 0.6) is 0 Å². The fraction of sp³-hybridized carbons (Fsp3) is 0.455. The topological polar surface area (TPSA) is 3.24 Å². The molecule has 0 unspecified atom stereocenters. The van der Waals surface area contributed by atoms with Crippen molar-refractivity contribution < 1.29 is 8.78 Å². The largest absolute Gasteiger partial charge is 0.305 e. The summed E-state index contributed by atoms with van der Waals surface area (Å²) in [5, 5.41) is 0. The zero-order chi connectivity index (χ0) is 11.3. The molecule has 0 N–H and O–H groups in total. The van der Waals surface area contributed by atoms with Gasteiger partial charge in [0.15, 0.2) is 0 Å². The minimum atomic E-state index is -0.397. The summed E-state index contributed by atoms with van der Waals surface area (Å²) >= 11 is 5.56. The summed E-state index contributed by atoms with van der Waals surface area (Å²) < 4.78 is 26.0. The van der Waals surface area contributed by atoms with Crippen molar-refractivity contribution in [3.8, 4) is 0 Å².